The number of benzene rings is 1. The molecule has 5 heteroatoms. The van der Waals surface area contributed by atoms with Crippen LogP contribution in [0, 0.1) is 0 Å². The molecule has 1 rings (SSSR count). The Kier molecular flexibility index (Phi) is 7.19. The molecule has 0 aliphatic rings. The van der Waals surface area contributed by atoms with Gasteiger partial charge in [-0.05, 0) is 58.0 Å². The Labute approximate surface area is 127 Å². The number of rotatable bonds is 8. The number of carbonyl (C=O) groups is 1. The van der Waals surface area contributed by atoms with Gasteiger partial charge in [-0.3, -0.25) is 4.79 Å². The van der Waals surface area contributed by atoms with E-state index in [0.29, 0.717) is 19.0 Å². The van der Waals surface area contributed by atoms with Crippen molar-refractivity contribution in [3.63, 3.8) is 0 Å². The Balaban J connectivity index is 2.26. The normalized spacial score (nSPS) is 12.7. The topological polar surface area (TPSA) is 78.6 Å². The monoisotopic (exact) mass is 293 g/mol. The maximum absolute atomic E-state index is 11.9. The summed E-state index contributed by atoms with van der Waals surface area (Å²) in [5.74, 6) is 0.0846. The lowest BCUT2D eigenvalue weighted by atomic mass is 10.1. The fourth-order valence-corrected chi connectivity index (χ4v) is 1.91. The van der Waals surface area contributed by atoms with Crippen molar-refractivity contribution in [1.29, 1.82) is 0 Å². The van der Waals surface area contributed by atoms with Crippen LogP contribution >= 0.6 is 0 Å². The quantitative estimate of drug-likeness (QED) is 0.627. The Morgan fingerprint density at radius 3 is 2.52 bits per heavy atom. The van der Waals surface area contributed by atoms with E-state index in [4.69, 9.17) is 5.73 Å². The second-order valence-corrected chi connectivity index (χ2v) is 5.70. The van der Waals surface area contributed by atoms with Crippen molar-refractivity contribution in [2.45, 2.75) is 38.8 Å². The zero-order valence-electron chi connectivity index (χ0n) is 13.2. The van der Waals surface area contributed by atoms with Gasteiger partial charge in [0.05, 0.1) is 6.04 Å². The molecule has 1 atom stereocenters. The number of carbonyl (C=O) groups excluding carboxylic acids is 1. The molecule has 0 spiro atoms. The number of hydrogen-bond acceptors (Lipinski definition) is 4. The van der Waals surface area contributed by atoms with Crippen LogP contribution in [0.15, 0.2) is 24.3 Å². The number of phenolic OH excluding ortho intramolecular Hbond substituents is 1. The average Bonchev–Trinajstić information content (AvgIpc) is 2.45. The van der Waals surface area contributed by atoms with E-state index in [2.05, 4.69) is 31.1 Å². The van der Waals surface area contributed by atoms with E-state index in [-0.39, 0.29) is 11.7 Å². The molecule has 1 aromatic carbocycles. The minimum atomic E-state index is -0.558. The summed E-state index contributed by atoms with van der Waals surface area (Å²) in [7, 11) is 2.07. The lowest BCUT2D eigenvalue weighted by Crippen LogP contribution is -2.43. The first kappa shape index (κ1) is 17.5. The van der Waals surface area contributed by atoms with Crippen LogP contribution in [0.1, 0.15) is 25.8 Å². The fraction of sp³-hybridized carbons (Fsp3) is 0.562. The molecule has 4 N–H and O–H groups in total. The predicted molar refractivity (Wildman–Crippen MR) is 85.2 cm³/mol. The fourth-order valence-electron chi connectivity index (χ4n) is 1.91. The molecule has 0 unspecified atom stereocenters. The van der Waals surface area contributed by atoms with Crippen LogP contribution in [0.4, 0.5) is 0 Å². The molecule has 0 heterocycles. The molecule has 118 valence electrons. The van der Waals surface area contributed by atoms with Crippen molar-refractivity contribution in [1.82, 2.24) is 10.2 Å². The number of phenols is 1. The molecule has 0 aromatic heterocycles. The van der Waals surface area contributed by atoms with E-state index >= 15 is 0 Å². The Bertz CT molecular complexity index is 432. The van der Waals surface area contributed by atoms with Gasteiger partial charge in [0, 0.05) is 12.6 Å². The molecule has 21 heavy (non-hydrogen) atoms. The molecule has 1 aromatic rings. The average molecular weight is 293 g/mol. The molecule has 0 saturated carbocycles. The molecule has 0 fully saturated rings. The van der Waals surface area contributed by atoms with Crippen LogP contribution < -0.4 is 11.1 Å². The van der Waals surface area contributed by atoms with E-state index in [1.54, 1.807) is 24.3 Å². The van der Waals surface area contributed by atoms with Crippen molar-refractivity contribution in [3.05, 3.63) is 29.8 Å². The van der Waals surface area contributed by atoms with Gasteiger partial charge in [0.1, 0.15) is 5.75 Å². The smallest absolute Gasteiger partial charge is 0.237 e. The van der Waals surface area contributed by atoms with E-state index < -0.39 is 6.04 Å². The third kappa shape index (κ3) is 6.60. The highest BCUT2D eigenvalue weighted by Crippen LogP contribution is 2.10. The highest BCUT2D eigenvalue weighted by molar-refractivity contribution is 5.81. The molecule has 0 saturated heterocycles. The van der Waals surface area contributed by atoms with Crippen LogP contribution in [0.5, 0.6) is 5.75 Å². The maximum atomic E-state index is 11.9. The summed E-state index contributed by atoms with van der Waals surface area (Å²) in [6.07, 6.45) is 1.38. The summed E-state index contributed by atoms with van der Waals surface area (Å²) in [5.41, 5.74) is 6.83. The van der Waals surface area contributed by atoms with E-state index in [0.717, 1.165) is 18.5 Å². The van der Waals surface area contributed by atoms with Crippen molar-refractivity contribution in [2.75, 3.05) is 20.1 Å². The minimum Gasteiger partial charge on any atom is -0.508 e. The van der Waals surface area contributed by atoms with Gasteiger partial charge in [0.25, 0.3) is 0 Å². The van der Waals surface area contributed by atoms with Gasteiger partial charge in [-0.15, -0.1) is 0 Å². The SMILES string of the molecule is CC(C)N(C)CCCNC(=O)[C@H](N)Cc1ccc(O)cc1. The van der Waals surface area contributed by atoms with Gasteiger partial charge in [-0.25, -0.2) is 0 Å². The molecular formula is C16H27N3O2. The van der Waals surface area contributed by atoms with Gasteiger partial charge in [-0.1, -0.05) is 12.1 Å². The van der Waals surface area contributed by atoms with Crippen molar-refractivity contribution in [3.8, 4) is 5.75 Å². The van der Waals surface area contributed by atoms with Crippen molar-refractivity contribution < 1.29 is 9.90 Å². The van der Waals surface area contributed by atoms with Crippen LogP contribution in [0.2, 0.25) is 0 Å². The number of nitrogens with one attached hydrogen (secondary N) is 1. The third-order valence-electron chi connectivity index (χ3n) is 3.60. The second-order valence-electron chi connectivity index (χ2n) is 5.70. The lowest BCUT2D eigenvalue weighted by Gasteiger charge is -2.21. The third-order valence-corrected chi connectivity index (χ3v) is 3.60. The number of aromatic hydroxyl groups is 1. The van der Waals surface area contributed by atoms with Gasteiger partial charge >= 0.3 is 0 Å². The standard InChI is InChI=1S/C16H27N3O2/c1-12(2)19(3)10-4-9-18-16(21)15(17)11-13-5-7-14(20)8-6-13/h5-8,12,15,20H,4,9-11,17H2,1-3H3,(H,18,21)/t15-/m1/s1. The second kappa shape index (κ2) is 8.64. The number of nitrogens with zero attached hydrogens (tertiary/aromatic N) is 1. The predicted octanol–water partition coefficient (Wildman–Crippen LogP) is 1.11. The van der Waals surface area contributed by atoms with Gasteiger partial charge in [0.15, 0.2) is 0 Å². The summed E-state index contributed by atoms with van der Waals surface area (Å²) < 4.78 is 0. The van der Waals surface area contributed by atoms with Crippen LogP contribution in [-0.2, 0) is 11.2 Å². The summed E-state index contributed by atoms with van der Waals surface area (Å²) in [6, 6.07) is 6.71. The van der Waals surface area contributed by atoms with Crippen molar-refractivity contribution >= 4 is 5.91 Å². The first-order valence-corrected chi connectivity index (χ1v) is 7.41. The number of hydrogen-bond donors (Lipinski definition) is 3. The van der Waals surface area contributed by atoms with E-state index in [1.807, 2.05) is 0 Å². The number of nitrogens with two attached hydrogens (primary N) is 1. The summed E-state index contributed by atoms with van der Waals surface area (Å²) >= 11 is 0. The Morgan fingerprint density at radius 1 is 1.33 bits per heavy atom. The first-order chi connectivity index (χ1) is 9.90. The van der Waals surface area contributed by atoms with Crippen LogP contribution in [0.3, 0.4) is 0 Å². The highest BCUT2D eigenvalue weighted by Gasteiger charge is 2.13. The first-order valence-electron chi connectivity index (χ1n) is 7.41. The Morgan fingerprint density at radius 2 is 1.95 bits per heavy atom. The largest absolute Gasteiger partial charge is 0.508 e. The molecule has 5 nitrogen and oxygen atoms in total. The highest BCUT2D eigenvalue weighted by atomic mass is 16.3. The zero-order valence-corrected chi connectivity index (χ0v) is 13.2. The van der Waals surface area contributed by atoms with E-state index in [1.165, 1.54) is 0 Å². The lowest BCUT2D eigenvalue weighted by molar-refractivity contribution is -0.122. The maximum Gasteiger partial charge on any atom is 0.237 e. The molecule has 0 bridgehead atoms. The number of amides is 1. The van der Waals surface area contributed by atoms with E-state index in [9.17, 15) is 9.90 Å². The molecule has 1 amide bonds. The zero-order chi connectivity index (χ0) is 15.8. The summed E-state index contributed by atoms with van der Waals surface area (Å²) in [5, 5.41) is 12.1. The minimum absolute atomic E-state index is 0.129. The molecule has 0 radical (unpaired) electrons. The van der Waals surface area contributed by atoms with Gasteiger partial charge in [-0.2, -0.15) is 0 Å². The summed E-state index contributed by atoms with van der Waals surface area (Å²) in [4.78, 5) is 14.1. The Hall–Kier alpha value is -1.59. The summed E-state index contributed by atoms with van der Waals surface area (Å²) in [6.45, 7) is 5.88. The van der Waals surface area contributed by atoms with Crippen molar-refractivity contribution in [2.24, 2.45) is 5.73 Å². The molecule has 0 aliphatic heterocycles. The van der Waals surface area contributed by atoms with Crippen LogP contribution in [0.25, 0.3) is 0 Å². The van der Waals surface area contributed by atoms with Crippen LogP contribution in [-0.4, -0.2) is 48.1 Å². The van der Waals surface area contributed by atoms with Gasteiger partial charge < -0.3 is 21.1 Å². The molecule has 0 aliphatic carbocycles. The molecular weight excluding hydrogens is 266 g/mol. The van der Waals surface area contributed by atoms with Gasteiger partial charge in [0.2, 0.25) is 5.91 Å².